The van der Waals surface area contributed by atoms with Gasteiger partial charge in [-0.25, -0.2) is 0 Å². The van der Waals surface area contributed by atoms with E-state index >= 15 is 0 Å². The molecule has 1 fully saturated rings. The summed E-state index contributed by atoms with van der Waals surface area (Å²) in [6.45, 7) is 6.32. The first-order valence-corrected chi connectivity index (χ1v) is 10.9. The van der Waals surface area contributed by atoms with Crippen molar-refractivity contribution in [2.45, 2.75) is 74.9 Å². The van der Waals surface area contributed by atoms with Crippen molar-refractivity contribution in [3.05, 3.63) is 22.0 Å². The molecule has 0 spiro atoms. The molecule has 5 N–H and O–H groups in total. The standard InChI is InChI=1S/C19H30N4O5S/c1-3-4-5-6-7-8-9-27-14-12(10-24)28-18(13(14)25)23-11(2)29-15-16(23)21-19(20)22-17(15)26/h12-14,18,24-25H,2-10H2,1H3,(H3,20,21,22,26)/t12-,13-,14+,18-/m1/s1. The van der Waals surface area contributed by atoms with E-state index in [4.69, 9.17) is 15.2 Å². The SMILES string of the molecule is C=C1Sc2c(nc(N)[nH]c2=O)N1[C@@H]1O[C@H](CO)[C@H](OCCCCCCCC)[C@H]1O. The van der Waals surface area contributed by atoms with E-state index in [2.05, 4.69) is 23.5 Å². The fourth-order valence-electron chi connectivity index (χ4n) is 3.66. The molecule has 0 radical (unpaired) electrons. The molecule has 29 heavy (non-hydrogen) atoms. The van der Waals surface area contributed by atoms with Crippen molar-refractivity contribution < 1.29 is 19.7 Å². The number of thioether (sulfide) groups is 1. The monoisotopic (exact) mass is 426 g/mol. The highest BCUT2D eigenvalue weighted by Crippen LogP contribution is 2.45. The maximum atomic E-state index is 12.1. The van der Waals surface area contributed by atoms with Crippen molar-refractivity contribution in [2.24, 2.45) is 0 Å². The quantitative estimate of drug-likeness (QED) is 0.411. The lowest BCUT2D eigenvalue weighted by Gasteiger charge is -2.28. The fraction of sp³-hybridized carbons (Fsp3) is 0.684. The summed E-state index contributed by atoms with van der Waals surface area (Å²) in [6, 6.07) is 0. The van der Waals surface area contributed by atoms with E-state index < -0.39 is 24.5 Å². The Morgan fingerprint density at radius 3 is 2.79 bits per heavy atom. The van der Waals surface area contributed by atoms with Crippen LogP contribution in [0, 0.1) is 0 Å². The number of nitrogens with one attached hydrogen (secondary N) is 1. The third kappa shape index (κ3) is 4.77. The van der Waals surface area contributed by atoms with Crippen LogP contribution >= 0.6 is 11.8 Å². The van der Waals surface area contributed by atoms with Gasteiger partial charge in [-0.05, 0) is 6.42 Å². The average molecular weight is 427 g/mol. The number of aliphatic hydroxyl groups excluding tert-OH is 2. The Morgan fingerprint density at radius 1 is 1.34 bits per heavy atom. The molecule has 1 saturated heterocycles. The number of aromatic amines is 1. The summed E-state index contributed by atoms with van der Waals surface area (Å²) in [5.41, 5.74) is 5.31. The lowest BCUT2D eigenvalue weighted by atomic mass is 10.1. The second-order valence-electron chi connectivity index (χ2n) is 7.31. The first kappa shape index (κ1) is 22.1. The van der Waals surface area contributed by atoms with Gasteiger partial charge in [0.05, 0.1) is 11.6 Å². The van der Waals surface area contributed by atoms with Crippen LogP contribution in [0.25, 0.3) is 0 Å². The van der Waals surface area contributed by atoms with Crippen molar-refractivity contribution in [1.29, 1.82) is 0 Å². The molecule has 3 heterocycles. The van der Waals surface area contributed by atoms with Gasteiger partial charge in [0.2, 0.25) is 5.95 Å². The van der Waals surface area contributed by atoms with Gasteiger partial charge in [0, 0.05) is 6.61 Å². The average Bonchev–Trinajstić information content (AvgIpc) is 3.17. The van der Waals surface area contributed by atoms with Crippen LogP contribution in [0.2, 0.25) is 0 Å². The van der Waals surface area contributed by atoms with Crippen molar-refractivity contribution in [3.8, 4) is 0 Å². The Balaban J connectivity index is 1.65. The molecule has 1 aromatic heterocycles. The molecule has 0 unspecified atom stereocenters. The van der Waals surface area contributed by atoms with E-state index in [0.29, 0.717) is 22.3 Å². The maximum Gasteiger partial charge on any atom is 0.268 e. The van der Waals surface area contributed by atoms with Gasteiger partial charge in [0.25, 0.3) is 5.56 Å². The minimum absolute atomic E-state index is 0.0314. The smallest absolute Gasteiger partial charge is 0.268 e. The van der Waals surface area contributed by atoms with Crippen molar-refractivity contribution in [1.82, 2.24) is 9.97 Å². The largest absolute Gasteiger partial charge is 0.394 e. The summed E-state index contributed by atoms with van der Waals surface area (Å²) >= 11 is 1.14. The highest BCUT2D eigenvalue weighted by Gasteiger charge is 2.50. The van der Waals surface area contributed by atoms with Crippen LogP contribution in [0.1, 0.15) is 45.4 Å². The summed E-state index contributed by atoms with van der Waals surface area (Å²) in [5.74, 6) is 0.259. The Hall–Kier alpha value is -1.59. The van der Waals surface area contributed by atoms with Crippen LogP contribution in [-0.4, -0.2) is 57.9 Å². The number of aromatic nitrogens is 2. The molecule has 0 saturated carbocycles. The second-order valence-corrected chi connectivity index (χ2v) is 8.39. The molecule has 0 bridgehead atoms. The van der Waals surface area contributed by atoms with Gasteiger partial charge in [-0.2, -0.15) is 4.98 Å². The molecule has 9 nitrogen and oxygen atoms in total. The predicted octanol–water partition coefficient (Wildman–Crippen LogP) is 1.56. The predicted molar refractivity (Wildman–Crippen MR) is 112 cm³/mol. The molecular weight excluding hydrogens is 396 g/mol. The number of unbranched alkanes of at least 4 members (excludes halogenated alkanes) is 5. The molecule has 0 amide bonds. The number of aliphatic hydroxyl groups is 2. The molecular formula is C19H30N4O5S. The molecule has 3 rings (SSSR count). The molecule has 162 valence electrons. The molecule has 0 aliphatic carbocycles. The van der Waals surface area contributed by atoms with Gasteiger partial charge in [-0.3, -0.25) is 14.7 Å². The number of hydrogen-bond donors (Lipinski definition) is 4. The van der Waals surface area contributed by atoms with Crippen molar-refractivity contribution >= 4 is 23.5 Å². The zero-order valence-electron chi connectivity index (χ0n) is 16.7. The Bertz CT molecular complexity index is 773. The topological polar surface area (TPSA) is 134 Å². The number of nitrogen functional groups attached to an aromatic ring is 1. The Labute approximate surface area is 174 Å². The van der Waals surface area contributed by atoms with Gasteiger partial charge < -0.3 is 25.4 Å². The molecule has 2 aliphatic rings. The normalized spacial score (nSPS) is 26.3. The second kappa shape index (κ2) is 9.94. The highest BCUT2D eigenvalue weighted by molar-refractivity contribution is 8.03. The molecule has 1 aromatic rings. The number of nitrogens with zero attached hydrogens (tertiary/aromatic N) is 2. The maximum absolute atomic E-state index is 12.1. The minimum atomic E-state index is -1.04. The van der Waals surface area contributed by atoms with Crippen LogP contribution in [0.15, 0.2) is 21.3 Å². The van der Waals surface area contributed by atoms with E-state index in [-0.39, 0.29) is 18.1 Å². The van der Waals surface area contributed by atoms with Gasteiger partial charge in [-0.15, -0.1) is 0 Å². The number of rotatable bonds is 10. The van der Waals surface area contributed by atoms with Crippen LogP contribution in [0.4, 0.5) is 11.8 Å². The first-order chi connectivity index (χ1) is 14.0. The first-order valence-electron chi connectivity index (χ1n) is 10.1. The van der Waals surface area contributed by atoms with Crippen LogP contribution in [0.3, 0.4) is 0 Å². The van der Waals surface area contributed by atoms with Gasteiger partial charge in [0.15, 0.2) is 12.0 Å². The van der Waals surface area contributed by atoms with Gasteiger partial charge in [0.1, 0.15) is 23.2 Å². The lowest BCUT2D eigenvalue weighted by Crippen LogP contribution is -2.43. The Morgan fingerprint density at radius 2 is 2.07 bits per heavy atom. The molecule has 10 heteroatoms. The third-order valence-electron chi connectivity index (χ3n) is 5.15. The number of fused-ring (bicyclic) bond motifs is 1. The molecule has 0 aromatic carbocycles. The number of nitrogens with two attached hydrogens (primary N) is 1. The molecule has 2 aliphatic heterocycles. The summed E-state index contributed by atoms with van der Waals surface area (Å²) in [6.07, 6.45) is 3.50. The van der Waals surface area contributed by atoms with E-state index in [1.54, 1.807) is 4.90 Å². The zero-order chi connectivity index (χ0) is 21.0. The summed E-state index contributed by atoms with van der Waals surface area (Å²) in [7, 11) is 0. The highest BCUT2D eigenvalue weighted by atomic mass is 32.2. The van der Waals surface area contributed by atoms with Gasteiger partial charge >= 0.3 is 0 Å². The van der Waals surface area contributed by atoms with E-state index in [1.165, 1.54) is 19.3 Å². The summed E-state index contributed by atoms with van der Waals surface area (Å²) in [4.78, 5) is 20.7. The van der Waals surface area contributed by atoms with E-state index in [9.17, 15) is 15.0 Å². The van der Waals surface area contributed by atoms with Crippen molar-refractivity contribution in [2.75, 3.05) is 23.8 Å². The minimum Gasteiger partial charge on any atom is -0.394 e. The number of anilines is 2. The number of hydrogen-bond acceptors (Lipinski definition) is 9. The van der Waals surface area contributed by atoms with Gasteiger partial charge in [-0.1, -0.05) is 57.4 Å². The van der Waals surface area contributed by atoms with Crippen LogP contribution in [0.5, 0.6) is 0 Å². The number of ether oxygens (including phenoxy) is 2. The van der Waals surface area contributed by atoms with Crippen LogP contribution < -0.4 is 16.2 Å². The summed E-state index contributed by atoms with van der Waals surface area (Å²) in [5, 5.41) is 21.1. The number of H-pyrrole nitrogens is 1. The lowest BCUT2D eigenvalue weighted by molar-refractivity contribution is -0.0551. The third-order valence-corrected chi connectivity index (χ3v) is 6.15. The van der Waals surface area contributed by atoms with Crippen LogP contribution in [-0.2, 0) is 9.47 Å². The zero-order valence-corrected chi connectivity index (χ0v) is 17.5. The Kier molecular flexibility index (Phi) is 7.58. The van der Waals surface area contributed by atoms with Crippen molar-refractivity contribution in [3.63, 3.8) is 0 Å². The van der Waals surface area contributed by atoms with E-state index in [1.807, 2.05) is 0 Å². The van der Waals surface area contributed by atoms with E-state index in [0.717, 1.165) is 31.0 Å². The molecule has 4 atom stereocenters. The fourth-order valence-corrected chi connectivity index (χ4v) is 4.56. The summed E-state index contributed by atoms with van der Waals surface area (Å²) < 4.78 is 11.7.